The SMILES string of the molecule is FC(F)(F)C1=NCc2nccc(I)c21. The van der Waals surface area contributed by atoms with Crippen molar-refractivity contribution < 1.29 is 13.2 Å². The number of halogens is 4. The van der Waals surface area contributed by atoms with Crippen LogP contribution in [0.3, 0.4) is 0 Å². The molecule has 0 aliphatic carbocycles. The van der Waals surface area contributed by atoms with Crippen LogP contribution in [0.4, 0.5) is 13.2 Å². The molecule has 2 heterocycles. The highest BCUT2D eigenvalue weighted by Crippen LogP contribution is 2.31. The number of hydrogen-bond acceptors (Lipinski definition) is 2. The van der Waals surface area contributed by atoms with Gasteiger partial charge in [0.2, 0.25) is 0 Å². The Morgan fingerprint density at radius 1 is 1.36 bits per heavy atom. The zero-order valence-corrected chi connectivity index (χ0v) is 8.93. The van der Waals surface area contributed by atoms with Crippen LogP contribution in [0.1, 0.15) is 11.3 Å². The summed E-state index contributed by atoms with van der Waals surface area (Å²) in [6.45, 7) is 0.0288. The van der Waals surface area contributed by atoms with E-state index in [1.54, 1.807) is 6.07 Å². The number of rotatable bonds is 0. The molecule has 0 spiro atoms. The van der Waals surface area contributed by atoms with Crippen LogP contribution in [0.5, 0.6) is 0 Å². The summed E-state index contributed by atoms with van der Waals surface area (Å²) in [5, 5.41) is 0. The first-order valence-corrected chi connectivity index (χ1v) is 4.83. The molecule has 0 atom stereocenters. The summed E-state index contributed by atoms with van der Waals surface area (Å²) in [6.07, 6.45) is -2.89. The molecular weight excluding hydrogens is 308 g/mol. The molecule has 0 N–H and O–H groups in total. The lowest BCUT2D eigenvalue weighted by Gasteiger charge is -2.08. The number of aliphatic imine (C=N–C) groups is 1. The van der Waals surface area contributed by atoms with Crippen molar-refractivity contribution >= 4 is 28.3 Å². The molecule has 1 aromatic heterocycles. The molecular formula is C8H4F3IN2. The highest BCUT2D eigenvalue weighted by Gasteiger charge is 2.41. The molecule has 1 aromatic rings. The number of fused-ring (bicyclic) bond motifs is 1. The molecule has 0 aromatic carbocycles. The van der Waals surface area contributed by atoms with Crippen LogP contribution in [0.2, 0.25) is 0 Å². The quantitative estimate of drug-likeness (QED) is 0.676. The maximum absolute atomic E-state index is 12.5. The van der Waals surface area contributed by atoms with E-state index in [-0.39, 0.29) is 12.1 Å². The average Bonchev–Trinajstić information content (AvgIpc) is 2.47. The van der Waals surface area contributed by atoms with Crippen molar-refractivity contribution in [3.05, 3.63) is 27.1 Å². The van der Waals surface area contributed by atoms with Gasteiger partial charge in [0, 0.05) is 15.3 Å². The summed E-state index contributed by atoms with van der Waals surface area (Å²) in [7, 11) is 0. The molecule has 0 bridgehead atoms. The van der Waals surface area contributed by atoms with Crippen molar-refractivity contribution in [1.82, 2.24) is 4.98 Å². The van der Waals surface area contributed by atoms with Crippen LogP contribution < -0.4 is 0 Å². The number of aromatic nitrogens is 1. The molecule has 0 radical (unpaired) electrons. The highest BCUT2D eigenvalue weighted by molar-refractivity contribution is 14.1. The van der Waals surface area contributed by atoms with E-state index >= 15 is 0 Å². The fraction of sp³-hybridized carbons (Fsp3) is 0.250. The van der Waals surface area contributed by atoms with Crippen molar-refractivity contribution in [2.45, 2.75) is 12.7 Å². The first-order chi connectivity index (χ1) is 6.50. The number of hydrogen-bond donors (Lipinski definition) is 0. The van der Waals surface area contributed by atoms with E-state index in [2.05, 4.69) is 9.98 Å². The maximum atomic E-state index is 12.5. The molecule has 1 aliphatic heterocycles. The van der Waals surface area contributed by atoms with Gasteiger partial charge in [-0.1, -0.05) is 0 Å². The maximum Gasteiger partial charge on any atom is 0.433 e. The summed E-state index contributed by atoms with van der Waals surface area (Å²) in [5.41, 5.74) is -0.255. The molecule has 0 amide bonds. The van der Waals surface area contributed by atoms with Crippen molar-refractivity contribution in [3.8, 4) is 0 Å². The largest absolute Gasteiger partial charge is 0.433 e. The first-order valence-electron chi connectivity index (χ1n) is 3.75. The molecule has 74 valence electrons. The summed E-state index contributed by atoms with van der Waals surface area (Å²) >= 11 is 1.86. The Balaban J connectivity index is 2.56. The van der Waals surface area contributed by atoms with E-state index in [9.17, 15) is 13.2 Å². The van der Waals surface area contributed by atoms with Gasteiger partial charge in [-0.05, 0) is 28.7 Å². The predicted molar refractivity (Wildman–Crippen MR) is 53.3 cm³/mol. The van der Waals surface area contributed by atoms with Gasteiger partial charge in [0.1, 0.15) is 5.71 Å². The topological polar surface area (TPSA) is 25.2 Å². The smallest absolute Gasteiger partial charge is 0.273 e. The van der Waals surface area contributed by atoms with Gasteiger partial charge in [-0.25, -0.2) is 0 Å². The minimum atomic E-state index is -4.38. The predicted octanol–water partition coefficient (Wildman–Crippen LogP) is 2.55. The third-order valence-electron chi connectivity index (χ3n) is 1.87. The minimum Gasteiger partial charge on any atom is -0.273 e. The van der Waals surface area contributed by atoms with Crippen molar-refractivity contribution in [2.75, 3.05) is 0 Å². The summed E-state index contributed by atoms with van der Waals surface area (Å²) in [4.78, 5) is 7.32. The van der Waals surface area contributed by atoms with E-state index < -0.39 is 11.9 Å². The van der Waals surface area contributed by atoms with Gasteiger partial charge in [-0.15, -0.1) is 0 Å². The molecule has 0 saturated carbocycles. The second-order valence-corrected chi connectivity index (χ2v) is 3.94. The van der Waals surface area contributed by atoms with Gasteiger partial charge in [0.25, 0.3) is 0 Å². The zero-order chi connectivity index (χ0) is 10.3. The Labute approximate surface area is 91.4 Å². The lowest BCUT2D eigenvalue weighted by atomic mass is 10.1. The third-order valence-corrected chi connectivity index (χ3v) is 2.77. The number of alkyl halides is 3. The Morgan fingerprint density at radius 2 is 2.07 bits per heavy atom. The Bertz CT molecular complexity index is 412. The van der Waals surface area contributed by atoms with Crippen LogP contribution in [0.25, 0.3) is 0 Å². The highest BCUT2D eigenvalue weighted by atomic mass is 127. The minimum absolute atomic E-state index is 0.0288. The summed E-state index contributed by atoms with van der Waals surface area (Å²) < 4.78 is 37.9. The lowest BCUT2D eigenvalue weighted by molar-refractivity contribution is -0.0579. The Hall–Kier alpha value is -0.660. The van der Waals surface area contributed by atoms with E-state index in [4.69, 9.17) is 0 Å². The van der Waals surface area contributed by atoms with Gasteiger partial charge in [-0.3, -0.25) is 9.98 Å². The van der Waals surface area contributed by atoms with E-state index in [1.165, 1.54) is 6.20 Å². The van der Waals surface area contributed by atoms with Gasteiger partial charge in [0.15, 0.2) is 0 Å². The standard InChI is InChI=1S/C8H4F3IN2/c9-8(10,11)7-6-4(12)1-2-13-5(6)3-14-7/h1-2H,3H2. The monoisotopic (exact) mass is 312 g/mol. The van der Waals surface area contributed by atoms with E-state index in [0.717, 1.165) is 0 Å². The van der Waals surface area contributed by atoms with Crippen molar-refractivity contribution in [1.29, 1.82) is 0 Å². The van der Waals surface area contributed by atoms with E-state index in [0.29, 0.717) is 9.26 Å². The Morgan fingerprint density at radius 3 is 2.71 bits per heavy atom. The summed E-state index contributed by atoms with van der Waals surface area (Å²) in [5.74, 6) is 0. The van der Waals surface area contributed by atoms with Gasteiger partial charge < -0.3 is 0 Å². The van der Waals surface area contributed by atoms with Gasteiger partial charge in [-0.2, -0.15) is 13.2 Å². The van der Waals surface area contributed by atoms with Crippen LogP contribution in [0.15, 0.2) is 17.3 Å². The third kappa shape index (κ3) is 1.51. The van der Waals surface area contributed by atoms with E-state index in [1.807, 2.05) is 22.6 Å². The zero-order valence-electron chi connectivity index (χ0n) is 6.77. The van der Waals surface area contributed by atoms with Gasteiger partial charge >= 0.3 is 6.18 Å². The fourth-order valence-corrected chi connectivity index (χ4v) is 2.04. The number of nitrogens with zero attached hydrogens (tertiary/aromatic N) is 2. The molecule has 1 aliphatic rings. The van der Waals surface area contributed by atoms with Crippen LogP contribution in [0, 0.1) is 3.57 Å². The molecule has 14 heavy (non-hydrogen) atoms. The first kappa shape index (κ1) is 9.88. The molecule has 6 heteroatoms. The van der Waals surface area contributed by atoms with Crippen molar-refractivity contribution in [2.24, 2.45) is 4.99 Å². The van der Waals surface area contributed by atoms with Gasteiger partial charge in [0.05, 0.1) is 12.2 Å². The second kappa shape index (κ2) is 3.18. The lowest BCUT2D eigenvalue weighted by Crippen LogP contribution is -2.23. The van der Waals surface area contributed by atoms with Crippen LogP contribution >= 0.6 is 22.6 Å². The van der Waals surface area contributed by atoms with Crippen LogP contribution in [-0.2, 0) is 6.54 Å². The molecule has 0 unspecified atom stereocenters. The van der Waals surface area contributed by atoms with Crippen LogP contribution in [-0.4, -0.2) is 16.9 Å². The molecule has 2 nitrogen and oxygen atoms in total. The normalized spacial score (nSPS) is 15.3. The molecule has 0 fully saturated rings. The fourth-order valence-electron chi connectivity index (χ4n) is 1.31. The Kier molecular flexibility index (Phi) is 2.24. The average molecular weight is 312 g/mol. The van der Waals surface area contributed by atoms with Crippen molar-refractivity contribution in [3.63, 3.8) is 0 Å². The second-order valence-electron chi connectivity index (χ2n) is 2.78. The summed E-state index contributed by atoms with van der Waals surface area (Å²) in [6, 6.07) is 1.55. The number of pyridine rings is 1. The molecule has 0 saturated heterocycles. The molecule has 2 rings (SSSR count).